The summed E-state index contributed by atoms with van der Waals surface area (Å²) in [6.07, 6.45) is 2.15. The van der Waals surface area contributed by atoms with Gasteiger partial charge in [-0.3, -0.25) is 9.78 Å². The molecule has 3 aromatic heterocycles. The summed E-state index contributed by atoms with van der Waals surface area (Å²) in [4.78, 5) is 29.1. The van der Waals surface area contributed by atoms with Gasteiger partial charge in [0.1, 0.15) is 11.0 Å². The van der Waals surface area contributed by atoms with Crippen molar-refractivity contribution >= 4 is 28.7 Å². The summed E-state index contributed by atoms with van der Waals surface area (Å²) in [6, 6.07) is 3.54. The van der Waals surface area contributed by atoms with Crippen LogP contribution in [0, 0.1) is 0 Å². The van der Waals surface area contributed by atoms with Gasteiger partial charge in [-0.25, -0.2) is 9.97 Å². The second-order valence-corrected chi connectivity index (χ2v) is 4.39. The average molecular weight is 277 g/mol. The fourth-order valence-electron chi connectivity index (χ4n) is 1.76. The highest BCUT2D eigenvalue weighted by atomic mass is 35.5. The third-order valence-electron chi connectivity index (χ3n) is 2.59. The van der Waals surface area contributed by atoms with Crippen LogP contribution >= 0.6 is 11.6 Å². The number of rotatable bonds is 2. The van der Waals surface area contributed by atoms with Gasteiger partial charge in [0.2, 0.25) is 5.95 Å². The van der Waals surface area contributed by atoms with Crippen LogP contribution in [-0.2, 0) is 6.42 Å². The molecule has 0 saturated carbocycles. The first-order chi connectivity index (χ1) is 9.11. The monoisotopic (exact) mass is 276 g/mol. The molecule has 0 amide bonds. The van der Waals surface area contributed by atoms with Gasteiger partial charge >= 0.3 is 0 Å². The number of hydrogen-bond donors (Lipinski definition) is 3. The van der Waals surface area contributed by atoms with Gasteiger partial charge in [-0.1, -0.05) is 17.7 Å². The van der Waals surface area contributed by atoms with Gasteiger partial charge in [-0.15, -0.1) is 0 Å². The number of nitrogens with two attached hydrogens (primary N) is 1. The summed E-state index contributed by atoms with van der Waals surface area (Å²) in [6.45, 7) is 0. The van der Waals surface area contributed by atoms with Crippen LogP contribution in [0.15, 0.2) is 23.1 Å². The van der Waals surface area contributed by atoms with Crippen molar-refractivity contribution in [2.24, 2.45) is 0 Å². The lowest BCUT2D eigenvalue weighted by Crippen LogP contribution is -2.10. The number of fused-ring (bicyclic) bond motifs is 1. The van der Waals surface area contributed by atoms with Crippen LogP contribution in [0.1, 0.15) is 11.4 Å². The largest absolute Gasteiger partial charge is 0.369 e. The van der Waals surface area contributed by atoms with Crippen LogP contribution in [0.3, 0.4) is 0 Å². The van der Waals surface area contributed by atoms with Crippen molar-refractivity contribution in [2.45, 2.75) is 6.42 Å². The maximum atomic E-state index is 11.6. The number of hydrogen-bond acceptors (Lipinski definition) is 5. The number of pyridine rings is 1. The first-order valence-electron chi connectivity index (χ1n) is 5.46. The van der Waals surface area contributed by atoms with E-state index in [1.54, 1.807) is 12.3 Å². The number of H-pyrrole nitrogens is 2. The normalized spacial score (nSPS) is 11.0. The van der Waals surface area contributed by atoms with Crippen LogP contribution in [0.2, 0.25) is 5.15 Å². The average Bonchev–Trinajstić information content (AvgIpc) is 2.75. The molecule has 0 aliphatic heterocycles. The Morgan fingerprint density at radius 1 is 1.26 bits per heavy atom. The Morgan fingerprint density at radius 3 is 2.84 bits per heavy atom. The molecule has 4 N–H and O–H groups in total. The van der Waals surface area contributed by atoms with Crippen molar-refractivity contribution < 1.29 is 0 Å². The highest BCUT2D eigenvalue weighted by Crippen LogP contribution is 2.11. The number of aromatic amines is 2. The van der Waals surface area contributed by atoms with E-state index < -0.39 is 0 Å². The number of halogens is 1. The summed E-state index contributed by atoms with van der Waals surface area (Å²) in [5, 5.41) is 0.430. The first-order valence-corrected chi connectivity index (χ1v) is 5.84. The molecule has 8 heteroatoms. The molecule has 96 valence electrons. The van der Waals surface area contributed by atoms with E-state index in [2.05, 4.69) is 24.9 Å². The molecule has 19 heavy (non-hydrogen) atoms. The molecule has 0 bridgehead atoms. The standard InChI is InChI=1S/C11H9ClN6O/c12-6-2-1-5(4-14-6)3-7-15-8-9(16-7)17-11(13)18-10(8)19/h1-2,4H,3H2,(H4,13,15,16,17,18,19). The van der Waals surface area contributed by atoms with Crippen molar-refractivity contribution in [1.82, 2.24) is 24.9 Å². The van der Waals surface area contributed by atoms with Crippen LogP contribution in [0.25, 0.3) is 11.2 Å². The zero-order valence-electron chi connectivity index (χ0n) is 9.64. The molecule has 7 nitrogen and oxygen atoms in total. The molecule has 0 aliphatic rings. The van der Waals surface area contributed by atoms with Crippen molar-refractivity contribution in [2.75, 3.05) is 5.73 Å². The number of anilines is 1. The number of nitrogen functional groups attached to an aromatic ring is 1. The summed E-state index contributed by atoms with van der Waals surface area (Å²) in [7, 11) is 0. The molecule has 3 rings (SSSR count). The molecular formula is C11H9ClN6O. The highest BCUT2D eigenvalue weighted by Gasteiger charge is 2.09. The molecule has 0 unspecified atom stereocenters. The van der Waals surface area contributed by atoms with Crippen molar-refractivity contribution in [3.63, 3.8) is 0 Å². The SMILES string of the molecule is Nc1nc2nc(Cc3ccc(Cl)nc3)[nH]c2c(=O)[nH]1. The van der Waals surface area contributed by atoms with Crippen molar-refractivity contribution in [1.29, 1.82) is 0 Å². The van der Waals surface area contributed by atoms with Gasteiger partial charge in [-0.05, 0) is 11.6 Å². The van der Waals surface area contributed by atoms with E-state index in [4.69, 9.17) is 17.3 Å². The Balaban J connectivity index is 2.00. The highest BCUT2D eigenvalue weighted by molar-refractivity contribution is 6.29. The molecule has 0 fully saturated rings. The summed E-state index contributed by atoms with van der Waals surface area (Å²) < 4.78 is 0. The Hall–Kier alpha value is -2.41. The number of imidazole rings is 1. The lowest BCUT2D eigenvalue weighted by atomic mass is 10.2. The van der Waals surface area contributed by atoms with E-state index in [1.165, 1.54) is 0 Å². The molecule has 0 saturated heterocycles. The first kappa shape index (κ1) is 11.7. The zero-order valence-corrected chi connectivity index (χ0v) is 10.4. The molecule has 0 aliphatic carbocycles. The quantitative estimate of drug-likeness (QED) is 0.601. The second kappa shape index (κ2) is 4.36. The molecule has 3 heterocycles. The Labute approximate surface area is 111 Å². The molecular weight excluding hydrogens is 268 g/mol. The summed E-state index contributed by atoms with van der Waals surface area (Å²) in [5.41, 5.74) is 6.66. The fraction of sp³-hybridized carbons (Fsp3) is 0.0909. The lowest BCUT2D eigenvalue weighted by Gasteiger charge is -1.96. The van der Waals surface area contributed by atoms with Gasteiger partial charge in [0, 0.05) is 12.6 Å². The second-order valence-electron chi connectivity index (χ2n) is 4.00. The van der Waals surface area contributed by atoms with Crippen LogP contribution in [0.4, 0.5) is 5.95 Å². The molecule has 0 spiro atoms. The van der Waals surface area contributed by atoms with E-state index in [9.17, 15) is 4.79 Å². The number of nitrogens with one attached hydrogen (secondary N) is 2. The van der Waals surface area contributed by atoms with Gasteiger partial charge in [0.05, 0.1) is 0 Å². The predicted molar refractivity (Wildman–Crippen MR) is 71.0 cm³/mol. The van der Waals surface area contributed by atoms with Gasteiger partial charge in [0.15, 0.2) is 11.2 Å². The van der Waals surface area contributed by atoms with Gasteiger partial charge in [-0.2, -0.15) is 4.98 Å². The smallest absolute Gasteiger partial charge is 0.278 e. The van der Waals surface area contributed by atoms with Crippen LogP contribution in [0.5, 0.6) is 0 Å². The maximum Gasteiger partial charge on any atom is 0.278 e. The van der Waals surface area contributed by atoms with Crippen molar-refractivity contribution in [3.05, 3.63) is 45.2 Å². The number of nitrogens with zero attached hydrogens (tertiary/aromatic N) is 3. The third-order valence-corrected chi connectivity index (χ3v) is 2.81. The van der Waals surface area contributed by atoms with E-state index in [1.807, 2.05) is 6.07 Å². The fourth-order valence-corrected chi connectivity index (χ4v) is 1.87. The minimum Gasteiger partial charge on any atom is -0.369 e. The molecule has 0 radical (unpaired) electrons. The Morgan fingerprint density at radius 2 is 2.11 bits per heavy atom. The molecule has 3 aromatic rings. The maximum absolute atomic E-state index is 11.6. The van der Waals surface area contributed by atoms with Crippen molar-refractivity contribution in [3.8, 4) is 0 Å². The predicted octanol–water partition coefficient (Wildman–Crippen LogP) is 0.868. The number of aromatic nitrogens is 5. The van der Waals surface area contributed by atoms with Crippen LogP contribution < -0.4 is 11.3 Å². The Bertz CT molecular complexity index is 791. The minimum absolute atomic E-state index is 0.0451. The summed E-state index contributed by atoms with van der Waals surface area (Å²) >= 11 is 5.71. The zero-order chi connectivity index (χ0) is 13.4. The third kappa shape index (κ3) is 2.27. The molecule has 0 aromatic carbocycles. The van der Waals surface area contributed by atoms with E-state index in [0.29, 0.717) is 28.6 Å². The lowest BCUT2D eigenvalue weighted by molar-refractivity contribution is 1.02. The topological polar surface area (TPSA) is 113 Å². The Kier molecular flexibility index (Phi) is 2.68. The minimum atomic E-state index is -0.338. The van der Waals surface area contributed by atoms with E-state index in [0.717, 1.165) is 5.56 Å². The van der Waals surface area contributed by atoms with Crippen LogP contribution in [-0.4, -0.2) is 24.9 Å². The van der Waals surface area contributed by atoms with E-state index in [-0.39, 0.29) is 11.5 Å². The van der Waals surface area contributed by atoms with E-state index >= 15 is 0 Å². The van der Waals surface area contributed by atoms with Gasteiger partial charge < -0.3 is 10.7 Å². The summed E-state index contributed by atoms with van der Waals surface area (Å²) in [5.74, 6) is 0.659. The molecule has 0 atom stereocenters. The van der Waals surface area contributed by atoms with Gasteiger partial charge in [0.25, 0.3) is 5.56 Å².